The third kappa shape index (κ3) is 4.99. The zero-order valence-corrected chi connectivity index (χ0v) is 11.6. The first-order valence-corrected chi connectivity index (χ1v) is 6.31. The van der Waals surface area contributed by atoms with Gasteiger partial charge in [-0.1, -0.05) is 13.0 Å². The van der Waals surface area contributed by atoms with Gasteiger partial charge < -0.3 is 14.8 Å². The Bertz CT molecular complexity index is 427. The van der Waals surface area contributed by atoms with E-state index >= 15 is 0 Å². The fourth-order valence-electron chi connectivity index (χ4n) is 1.51. The van der Waals surface area contributed by atoms with E-state index in [1.807, 2.05) is 26.0 Å². The molecule has 0 unspecified atom stereocenters. The molecule has 1 aromatic rings. The Morgan fingerprint density at radius 1 is 1.42 bits per heavy atom. The van der Waals surface area contributed by atoms with Crippen LogP contribution in [-0.2, 0) is 9.53 Å². The molecule has 0 radical (unpaired) electrons. The number of nitrogens with one attached hydrogen (secondary N) is 1. The molecule has 0 bridgehead atoms. The zero-order chi connectivity index (χ0) is 14.1. The maximum absolute atomic E-state index is 11.4. The highest BCUT2D eigenvalue weighted by atomic mass is 16.5. The number of rotatable bonds is 7. The maximum Gasteiger partial charge on any atom is 0.333 e. The van der Waals surface area contributed by atoms with Crippen molar-refractivity contribution in [1.82, 2.24) is 4.98 Å². The Morgan fingerprint density at radius 2 is 2.21 bits per heavy atom. The van der Waals surface area contributed by atoms with Crippen LogP contribution in [0.3, 0.4) is 0 Å². The Kier molecular flexibility index (Phi) is 6.43. The van der Waals surface area contributed by atoms with Gasteiger partial charge in [-0.05, 0) is 19.4 Å². The Hall–Kier alpha value is -2.04. The maximum atomic E-state index is 11.4. The molecule has 0 spiro atoms. The van der Waals surface area contributed by atoms with Crippen LogP contribution < -0.4 is 10.1 Å². The molecule has 1 heterocycles. The highest BCUT2D eigenvalue weighted by Crippen LogP contribution is 2.11. The van der Waals surface area contributed by atoms with Gasteiger partial charge in [-0.25, -0.2) is 9.78 Å². The molecule has 0 aliphatic rings. The predicted molar refractivity (Wildman–Crippen MR) is 74.3 cm³/mol. The van der Waals surface area contributed by atoms with Crippen LogP contribution >= 0.6 is 0 Å². The van der Waals surface area contributed by atoms with Gasteiger partial charge in [0.05, 0.1) is 25.6 Å². The van der Waals surface area contributed by atoms with E-state index < -0.39 is 0 Å². The summed E-state index contributed by atoms with van der Waals surface area (Å²) in [6.07, 6.45) is 4.17. The Labute approximate surface area is 113 Å². The number of aromatic nitrogens is 1. The molecule has 1 rings (SSSR count). The number of carbonyl (C=O) groups is 1. The summed E-state index contributed by atoms with van der Waals surface area (Å²) < 4.78 is 9.94. The van der Waals surface area contributed by atoms with E-state index in [-0.39, 0.29) is 5.97 Å². The molecule has 0 aliphatic heterocycles. The molecule has 0 amide bonds. The first-order valence-electron chi connectivity index (χ1n) is 6.31. The lowest BCUT2D eigenvalue weighted by Gasteiger charge is -2.06. The fraction of sp³-hybridized carbons (Fsp3) is 0.429. The standard InChI is InChI=1S/C14H20N2O3/c1-4-11(14(17)18-3)8-9-15-12-6-7-13(16-10-12)19-5-2/h6-8,10,15H,4-5,9H2,1-3H3/b11-8-. The highest BCUT2D eigenvalue weighted by molar-refractivity contribution is 5.88. The van der Waals surface area contributed by atoms with Crippen LogP contribution in [-0.4, -0.2) is 31.2 Å². The van der Waals surface area contributed by atoms with Gasteiger partial charge in [-0.3, -0.25) is 0 Å². The second-order valence-electron chi connectivity index (χ2n) is 3.77. The lowest BCUT2D eigenvalue weighted by Crippen LogP contribution is -2.07. The summed E-state index contributed by atoms with van der Waals surface area (Å²) in [5.74, 6) is 0.321. The van der Waals surface area contributed by atoms with Crippen molar-refractivity contribution in [3.8, 4) is 5.88 Å². The Balaban J connectivity index is 2.52. The molecule has 0 fully saturated rings. The molecule has 0 aliphatic carbocycles. The van der Waals surface area contributed by atoms with Crippen molar-refractivity contribution in [2.24, 2.45) is 0 Å². The second kappa shape index (κ2) is 8.13. The van der Waals surface area contributed by atoms with Crippen LogP contribution in [0.15, 0.2) is 30.0 Å². The number of hydrogen-bond donors (Lipinski definition) is 1. The molecule has 0 aromatic carbocycles. The number of esters is 1. The summed E-state index contributed by atoms with van der Waals surface area (Å²) in [4.78, 5) is 15.5. The fourth-order valence-corrected chi connectivity index (χ4v) is 1.51. The lowest BCUT2D eigenvalue weighted by molar-refractivity contribution is -0.136. The smallest absolute Gasteiger partial charge is 0.333 e. The van der Waals surface area contributed by atoms with Gasteiger partial charge in [0.1, 0.15) is 0 Å². The Morgan fingerprint density at radius 3 is 2.74 bits per heavy atom. The van der Waals surface area contributed by atoms with E-state index in [0.717, 1.165) is 5.69 Å². The number of hydrogen-bond acceptors (Lipinski definition) is 5. The molecule has 1 N–H and O–H groups in total. The van der Waals surface area contributed by atoms with Crippen molar-refractivity contribution < 1.29 is 14.3 Å². The molecular weight excluding hydrogens is 244 g/mol. The van der Waals surface area contributed by atoms with Gasteiger partial charge >= 0.3 is 5.97 Å². The van der Waals surface area contributed by atoms with Crippen molar-refractivity contribution >= 4 is 11.7 Å². The van der Waals surface area contributed by atoms with E-state index in [1.54, 1.807) is 12.3 Å². The van der Waals surface area contributed by atoms with E-state index in [9.17, 15) is 4.79 Å². The molecule has 5 nitrogen and oxygen atoms in total. The SMILES string of the molecule is CCOc1ccc(NC/C=C(/CC)C(=O)OC)cn1. The van der Waals surface area contributed by atoms with Gasteiger partial charge in [0, 0.05) is 18.2 Å². The number of carbonyl (C=O) groups excluding carboxylic acids is 1. The summed E-state index contributed by atoms with van der Waals surface area (Å²) in [6, 6.07) is 3.69. The largest absolute Gasteiger partial charge is 0.478 e. The predicted octanol–water partition coefficient (Wildman–Crippen LogP) is 2.40. The minimum Gasteiger partial charge on any atom is -0.478 e. The molecule has 1 aromatic heterocycles. The summed E-state index contributed by atoms with van der Waals surface area (Å²) in [5.41, 5.74) is 1.54. The van der Waals surface area contributed by atoms with Gasteiger partial charge in [0.15, 0.2) is 0 Å². The average molecular weight is 264 g/mol. The van der Waals surface area contributed by atoms with Crippen LogP contribution in [0.25, 0.3) is 0 Å². The quantitative estimate of drug-likeness (QED) is 0.605. The minimum atomic E-state index is -0.283. The zero-order valence-electron chi connectivity index (χ0n) is 11.6. The summed E-state index contributed by atoms with van der Waals surface area (Å²) in [6.45, 7) is 4.98. The molecule has 104 valence electrons. The topological polar surface area (TPSA) is 60.5 Å². The highest BCUT2D eigenvalue weighted by Gasteiger charge is 2.05. The van der Waals surface area contributed by atoms with Crippen molar-refractivity contribution in [2.75, 3.05) is 25.6 Å². The first-order chi connectivity index (χ1) is 9.21. The van der Waals surface area contributed by atoms with E-state index in [4.69, 9.17) is 4.74 Å². The van der Waals surface area contributed by atoms with Gasteiger partial charge in [-0.15, -0.1) is 0 Å². The van der Waals surface area contributed by atoms with Crippen LogP contribution in [0.1, 0.15) is 20.3 Å². The van der Waals surface area contributed by atoms with Crippen molar-refractivity contribution in [1.29, 1.82) is 0 Å². The number of anilines is 1. The van der Waals surface area contributed by atoms with E-state index in [0.29, 0.717) is 31.0 Å². The van der Waals surface area contributed by atoms with Gasteiger partial charge in [0.25, 0.3) is 0 Å². The molecule has 0 atom stereocenters. The van der Waals surface area contributed by atoms with Gasteiger partial charge in [-0.2, -0.15) is 0 Å². The summed E-state index contributed by atoms with van der Waals surface area (Å²) >= 11 is 0. The van der Waals surface area contributed by atoms with Crippen LogP contribution in [0.4, 0.5) is 5.69 Å². The first kappa shape index (κ1) is 15.0. The van der Waals surface area contributed by atoms with Crippen molar-refractivity contribution in [3.05, 3.63) is 30.0 Å². The second-order valence-corrected chi connectivity index (χ2v) is 3.77. The number of pyridine rings is 1. The van der Waals surface area contributed by atoms with Crippen molar-refractivity contribution in [3.63, 3.8) is 0 Å². The number of ether oxygens (including phenoxy) is 2. The number of nitrogens with zero attached hydrogens (tertiary/aromatic N) is 1. The molecule has 5 heteroatoms. The summed E-state index contributed by atoms with van der Waals surface area (Å²) in [5, 5.41) is 3.16. The van der Waals surface area contributed by atoms with E-state index in [2.05, 4.69) is 15.0 Å². The average Bonchev–Trinajstić information content (AvgIpc) is 2.45. The summed E-state index contributed by atoms with van der Waals surface area (Å²) in [7, 11) is 1.38. The molecule has 0 saturated carbocycles. The van der Waals surface area contributed by atoms with Gasteiger partial charge in [0.2, 0.25) is 5.88 Å². The lowest BCUT2D eigenvalue weighted by atomic mass is 10.2. The minimum absolute atomic E-state index is 0.283. The number of methoxy groups -OCH3 is 1. The third-order valence-electron chi connectivity index (χ3n) is 2.51. The third-order valence-corrected chi connectivity index (χ3v) is 2.51. The van der Waals surface area contributed by atoms with Crippen molar-refractivity contribution in [2.45, 2.75) is 20.3 Å². The van der Waals surface area contributed by atoms with E-state index in [1.165, 1.54) is 7.11 Å². The molecule has 0 saturated heterocycles. The normalized spacial score (nSPS) is 11.0. The monoisotopic (exact) mass is 264 g/mol. The van der Waals surface area contributed by atoms with Crippen LogP contribution in [0, 0.1) is 0 Å². The molecule has 19 heavy (non-hydrogen) atoms. The molecular formula is C14H20N2O3. The van der Waals surface area contributed by atoms with Crippen LogP contribution in [0.2, 0.25) is 0 Å². The van der Waals surface area contributed by atoms with Crippen LogP contribution in [0.5, 0.6) is 5.88 Å².